The molecule has 1 aromatic heterocycles. The molecule has 1 atom stereocenters. The molecule has 1 fully saturated rings. The van der Waals surface area contributed by atoms with E-state index in [1.807, 2.05) is 24.3 Å². The van der Waals surface area contributed by atoms with Crippen molar-refractivity contribution in [1.29, 1.82) is 0 Å². The summed E-state index contributed by atoms with van der Waals surface area (Å²) in [4.78, 5) is 17.1. The Morgan fingerprint density at radius 3 is 2.95 bits per heavy atom. The Hall–Kier alpha value is -1.39. The van der Waals surface area contributed by atoms with Crippen LogP contribution in [0.2, 0.25) is 0 Å². The summed E-state index contributed by atoms with van der Waals surface area (Å²) in [5.74, 6) is 0.877. The van der Waals surface area contributed by atoms with Gasteiger partial charge in [0.1, 0.15) is 5.82 Å². The minimum absolute atomic E-state index is 0.00735. The van der Waals surface area contributed by atoms with Gasteiger partial charge in [0.05, 0.1) is 22.9 Å². The number of para-hydroxylation sites is 1. The van der Waals surface area contributed by atoms with Gasteiger partial charge in [0.15, 0.2) is 0 Å². The van der Waals surface area contributed by atoms with Gasteiger partial charge in [-0.3, -0.25) is 9.36 Å². The molecular formula is C16H19ClN2O2. The molecule has 1 unspecified atom stereocenters. The van der Waals surface area contributed by atoms with E-state index in [9.17, 15) is 4.79 Å². The molecule has 5 heteroatoms. The fourth-order valence-electron chi connectivity index (χ4n) is 2.85. The lowest BCUT2D eigenvalue weighted by Crippen LogP contribution is -2.28. The smallest absolute Gasteiger partial charge is 0.261 e. The lowest BCUT2D eigenvalue weighted by atomic mass is 10.1. The van der Waals surface area contributed by atoms with Crippen molar-refractivity contribution < 1.29 is 4.74 Å². The lowest BCUT2D eigenvalue weighted by Gasteiger charge is -2.23. The number of hydrogen-bond acceptors (Lipinski definition) is 3. The van der Waals surface area contributed by atoms with Gasteiger partial charge in [-0.25, -0.2) is 4.98 Å². The van der Waals surface area contributed by atoms with Gasteiger partial charge in [0.25, 0.3) is 5.56 Å². The molecule has 0 aliphatic carbocycles. The second kappa shape index (κ2) is 6.58. The van der Waals surface area contributed by atoms with Crippen molar-refractivity contribution in [2.45, 2.75) is 44.2 Å². The average molecular weight is 307 g/mol. The highest BCUT2D eigenvalue weighted by Gasteiger charge is 2.16. The van der Waals surface area contributed by atoms with Crippen molar-refractivity contribution >= 4 is 22.5 Å². The number of aromatic nitrogens is 2. The predicted molar refractivity (Wildman–Crippen MR) is 83.8 cm³/mol. The molecule has 0 saturated carbocycles. The topological polar surface area (TPSA) is 44.1 Å². The number of halogens is 1. The van der Waals surface area contributed by atoms with E-state index in [4.69, 9.17) is 16.3 Å². The van der Waals surface area contributed by atoms with E-state index >= 15 is 0 Å². The number of nitrogens with zero attached hydrogens (tertiary/aromatic N) is 2. The fraction of sp³-hybridized carbons (Fsp3) is 0.500. The van der Waals surface area contributed by atoms with Gasteiger partial charge in [-0.2, -0.15) is 0 Å². The molecule has 0 radical (unpaired) electrons. The Balaban J connectivity index is 1.89. The molecule has 0 bridgehead atoms. The van der Waals surface area contributed by atoms with Crippen molar-refractivity contribution in [1.82, 2.24) is 9.55 Å². The van der Waals surface area contributed by atoms with E-state index in [0.29, 0.717) is 23.3 Å². The maximum atomic E-state index is 12.6. The number of hydrogen-bond donors (Lipinski definition) is 0. The van der Waals surface area contributed by atoms with E-state index in [1.54, 1.807) is 4.57 Å². The highest BCUT2D eigenvalue weighted by atomic mass is 35.5. The first kappa shape index (κ1) is 14.5. The summed E-state index contributed by atoms with van der Waals surface area (Å²) in [5.41, 5.74) is 0.704. The van der Waals surface area contributed by atoms with Crippen LogP contribution in [0.15, 0.2) is 29.1 Å². The summed E-state index contributed by atoms with van der Waals surface area (Å²) >= 11 is 5.97. The quantitative estimate of drug-likeness (QED) is 0.815. The molecular weight excluding hydrogens is 288 g/mol. The van der Waals surface area contributed by atoms with Crippen LogP contribution in [0, 0.1) is 0 Å². The normalized spacial score (nSPS) is 19.0. The van der Waals surface area contributed by atoms with E-state index in [-0.39, 0.29) is 17.5 Å². The van der Waals surface area contributed by atoms with Crippen molar-refractivity contribution in [3.8, 4) is 0 Å². The third-order valence-electron chi connectivity index (χ3n) is 4.01. The van der Waals surface area contributed by atoms with Gasteiger partial charge < -0.3 is 4.74 Å². The molecule has 2 aromatic rings. The zero-order chi connectivity index (χ0) is 14.7. The number of benzene rings is 1. The number of alkyl halides is 1. The van der Waals surface area contributed by atoms with E-state index < -0.39 is 0 Å². The monoisotopic (exact) mass is 306 g/mol. The Labute approximate surface area is 128 Å². The van der Waals surface area contributed by atoms with Crippen molar-refractivity contribution in [2.24, 2.45) is 0 Å². The molecule has 3 rings (SSSR count). The summed E-state index contributed by atoms with van der Waals surface area (Å²) in [6, 6.07) is 7.41. The summed E-state index contributed by atoms with van der Waals surface area (Å²) in [6.45, 7) is 1.45. The van der Waals surface area contributed by atoms with Gasteiger partial charge >= 0.3 is 0 Å². The first-order valence-corrected chi connectivity index (χ1v) is 7.99. The van der Waals surface area contributed by atoms with Gasteiger partial charge in [0, 0.05) is 13.2 Å². The van der Waals surface area contributed by atoms with Crippen LogP contribution in [-0.4, -0.2) is 22.3 Å². The molecule has 1 aliphatic rings. The third-order valence-corrected chi connectivity index (χ3v) is 4.25. The van der Waals surface area contributed by atoms with Crippen molar-refractivity contribution in [2.75, 3.05) is 6.61 Å². The van der Waals surface area contributed by atoms with Crippen LogP contribution >= 0.6 is 11.6 Å². The zero-order valence-electron chi connectivity index (χ0n) is 11.9. The highest BCUT2D eigenvalue weighted by molar-refractivity contribution is 6.16. The van der Waals surface area contributed by atoms with Gasteiger partial charge in [-0.15, -0.1) is 11.6 Å². The first-order valence-electron chi connectivity index (χ1n) is 7.45. The zero-order valence-corrected chi connectivity index (χ0v) is 12.7. The molecule has 2 heterocycles. The summed E-state index contributed by atoms with van der Waals surface area (Å²) in [5, 5.41) is 0.649. The number of rotatable bonds is 4. The summed E-state index contributed by atoms with van der Waals surface area (Å²) < 4.78 is 7.43. The summed E-state index contributed by atoms with van der Waals surface area (Å²) in [6.07, 6.45) is 4.51. The molecule has 1 saturated heterocycles. The molecule has 21 heavy (non-hydrogen) atoms. The van der Waals surface area contributed by atoms with Gasteiger partial charge in [-0.05, 0) is 37.8 Å². The standard InChI is InChI=1S/C16H19ClN2O2/c17-11-15-18-14-7-2-1-6-13(14)16(20)19(15)9-8-12-5-3-4-10-21-12/h1-2,6-7,12H,3-5,8-11H2. The van der Waals surface area contributed by atoms with Gasteiger partial charge in [0.2, 0.25) is 0 Å². The fourth-order valence-corrected chi connectivity index (χ4v) is 3.06. The summed E-state index contributed by atoms with van der Waals surface area (Å²) in [7, 11) is 0. The minimum Gasteiger partial charge on any atom is -0.378 e. The molecule has 1 aliphatic heterocycles. The highest BCUT2D eigenvalue weighted by Crippen LogP contribution is 2.17. The minimum atomic E-state index is -0.00735. The van der Waals surface area contributed by atoms with Crippen LogP contribution < -0.4 is 5.56 Å². The number of fused-ring (bicyclic) bond motifs is 1. The Kier molecular flexibility index (Phi) is 4.56. The maximum Gasteiger partial charge on any atom is 0.261 e. The van der Waals surface area contributed by atoms with Crippen molar-refractivity contribution in [3.05, 3.63) is 40.4 Å². The SMILES string of the molecule is O=c1c2ccccc2nc(CCl)n1CCC1CCCCO1. The Morgan fingerprint density at radius 1 is 1.33 bits per heavy atom. The molecule has 0 spiro atoms. The van der Waals surface area contributed by atoms with E-state index in [2.05, 4.69) is 4.98 Å². The third kappa shape index (κ3) is 3.11. The molecule has 0 amide bonds. The second-order valence-corrected chi connectivity index (χ2v) is 5.68. The molecule has 4 nitrogen and oxygen atoms in total. The van der Waals surface area contributed by atoms with E-state index in [1.165, 1.54) is 6.42 Å². The van der Waals surface area contributed by atoms with Crippen LogP contribution in [0.3, 0.4) is 0 Å². The van der Waals surface area contributed by atoms with Gasteiger partial charge in [-0.1, -0.05) is 12.1 Å². The maximum absolute atomic E-state index is 12.6. The van der Waals surface area contributed by atoms with Crippen molar-refractivity contribution in [3.63, 3.8) is 0 Å². The Bertz CT molecular complexity index is 678. The largest absolute Gasteiger partial charge is 0.378 e. The van der Waals surface area contributed by atoms with E-state index in [0.717, 1.165) is 25.9 Å². The van der Waals surface area contributed by atoms with Crippen LogP contribution in [-0.2, 0) is 17.2 Å². The van der Waals surface area contributed by atoms with Crippen LogP contribution in [0.1, 0.15) is 31.5 Å². The number of ether oxygens (including phenoxy) is 1. The van der Waals surface area contributed by atoms with Crippen LogP contribution in [0.4, 0.5) is 0 Å². The molecule has 0 N–H and O–H groups in total. The molecule has 1 aromatic carbocycles. The van der Waals surface area contributed by atoms with Crippen LogP contribution in [0.25, 0.3) is 10.9 Å². The average Bonchev–Trinajstić information content (AvgIpc) is 2.55. The Morgan fingerprint density at radius 2 is 2.19 bits per heavy atom. The van der Waals surface area contributed by atoms with Crippen LogP contribution in [0.5, 0.6) is 0 Å². The predicted octanol–water partition coefficient (Wildman–Crippen LogP) is 3.09. The first-order chi connectivity index (χ1) is 10.3. The lowest BCUT2D eigenvalue weighted by molar-refractivity contribution is 0.00855. The molecule has 112 valence electrons. The second-order valence-electron chi connectivity index (χ2n) is 5.41.